The van der Waals surface area contributed by atoms with E-state index in [1.807, 2.05) is 42.5 Å². The lowest BCUT2D eigenvalue weighted by atomic mass is 10.0. The highest BCUT2D eigenvalue weighted by Gasteiger charge is 2.20. The van der Waals surface area contributed by atoms with E-state index >= 15 is 0 Å². The molecule has 1 saturated heterocycles. The van der Waals surface area contributed by atoms with E-state index in [9.17, 15) is 9.90 Å². The van der Waals surface area contributed by atoms with E-state index in [4.69, 9.17) is 9.47 Å². The number of β-amino-alcohol motifs (C(OH)–C–C–N with tert-alkyl or cyclic N) is 1. The van der Waals surface area contributed by atoms with E-state index in [0.717, 1.165) is 37.5 Å². The van der Waals surface area contributed by atoms with Gasteiger partial charge in [-0.15, -0.1) is 0 Å². The average molecular weight is 461 g/mol. The van der Waals surface area contributed by atoms with Gasteiger partial charge in [0.05, 0.1) is 7.11 Å². The Hall–Kier alpha value is -3.35. The molecule has 0 saturated carbocycles. The number of piperazine rings is 1. The molecule has 3 aromatic carbocycles. The zero-order valence-electron chi connectivity index (χ0n) is 19.6. The molecule has 0 aliphatic carbocycles. The standard InChI is InChI=1S/C28H32N2O4/c1-33-26-13-9-24(10-14-26)30-17-15-29(16-18-30)20-25(31)21-34-27-11-7-23(8-12-27)28(32)19-22-5-3-2-4-6-22/h2-14,25,31H,15-21H2,1H3. The number of hydrogen-bond acceptors (Lipinski definition) is 6. The average Bonchev–Trinajstić information content (AvgIpc) is 2.89. The van der Waals surface area contributed by atoms with Gasteiger partial charge >= 0.3 is 0 Å². The van der Waals surface area contributed by atoms with Crippen LogP contribution in [0.3, 0.4) is 0 Å². The number of benzene rings is 3. The third-order valence-corrected chi connectivity index (χ3v) is 6.10. The molecule has 0 spiro atoms. The number of rotatable bonds is 10. The zero-order valence-corrected chi connectivity index (χ0v) is 19.6. The molecule has 1 fully saturated rings. The molecule has 1 aliphatic rings. The minimum absolute atomic E-state index is 0.0755. The maximum atomic E-state index is 12.5. The number of ketones is 1. The first-order chi connectivity index (χ1) is 16.6. The van der Waals surface area contributed by atoms with Gasteiger partial charge in [0.15, 0.2) is 5.78 Å². The zero-order chi connectivity index (χ0) is 23.8. The smallest absolute Gasteiger partial charge is 0.167 e. The number of Topliss-reactive ketones (excluding diaryl/α,β-unsaturated/α-hetero) is 1. The second-order valence-corrected chi connectivity index (χ2v) is 8.56. The topological polar surface area (TPSA) is 62.2 Å². The van der Waals surface area contributed by atoms with Crippen LogP contribution in [0.4, 0.5) is 5.69 Å². The van der Waals surface area contributed by atoms with Gasteiger partial charge in [-0.2, -0.15) is 0 Å². The van der Waals surface area contributed by atoms with Crippen molar-refractivity contribution in [2.24, 2.45) is 0 Å². The maximum absolute atomic E-state index is 12.5. The molecule has 3 aromatic rings. The van der Waals surface area contributed by atoms with Gasteiger partial charge in [-0.25, -0.2) is 0 Å². The summed E-state index contributed by atoms with van der Waals surface area (Å²) < 4.78 is 11.0. The molecule has 0 amide bonds. The molecule has 34 heavy (non-hydrogen) atoms. The summed E-state index contributed by atoms with van der Waals surface area (Å²) in [5.41, 5.74) is 2.85. The number of hydrogen-bond donors (Lipinski definition) is 1. The number of anilines is 1. The molecule has 0 bridgehead atoms. The van der Waals surface area contributed by atoms with Crippen molar-refractivity contribution in [2.45, 2.75) is 12.5 Å². The third-order valence-electron chi connectivity index (χ3n) is 6.10. The monoisotopic (exact) mass is 460 g/mol. The molecule has 1 unspecified atom stereocenters. The SMILES string of the molecule is COc1ccc(N2CCN(CC(O)COc3ccc(C(=O)Cc4ccccc4)cc3)CC2)cc1. The molecule has 6 heteroatoms. The van der Waals surface area contributed by atoms with Crippen molar-refractivity contribution in [3.63, 3.8) is 0 Å². The second kappa shape index (κ2) is 11.7. The molecule has 0 radical (unpaired) electrons. The molecule has 6 nitrogen and oxygen atoms in total. The Morgan fingerprint density at radius 3 is 2.18 bits per heavy atom. The summed E-state index contributed by atoms with van der Waals surface area (Å²) in [5.74, 6) is 1.59. The van der Waals surface area contributed by atoms with E-state index in [0.29, 0.717) is 24.3 Å². The number of ether oxygens (including phenoxy) is 2. The minimum Gasteiger partial charge on any atom is -0.497 e. The Morgan fingerprint density at radius 1 is 0.882 bits per heavy atom. The molecule has 1 aliphatic heterocycles. The number of aliphatic hydroxyl groups is 1. The molecular weight excluding hydrogens is 428 g/mol. The van der Waals surface area contributed by atoms with Gasteiger partial charge in [0, 0.05) is 50.4 Å². The second-order valence-electron chi connectivity index (χ2n) is 8.56. The summed E-state index contributed by atoms with van der Waals surface area (Å²) in [6.45, 7) is 4.40. The fraction of sp³-hybridized carbons (Fsp3) is 0.321. The van der Waals surface area contributed by atoms with Crippen molar-refractivity contribution in [1.82, 2.24) is 4.90 Å². The maximum Gasteiger partial charge on any atom is 0.167 e. The van der Waals surface area contributed by atoms with Gasteiger partial charge in [-0.3, -0.25) is 9.69 Å². The lowest BCUT2D eigenvalue weighted by Gasteiger charge is -2.36. The summed E-state index contributed by atoms with van der Waals surface area (Å²) in [6, 6.07) is 25.0. The predicted octanol–water partition coefficient (Wildman–Crippen LogP) is 3.68. The quantitative estimate of drug-likeness (QED) is 0.466. The fourth-order valence-corrected chi connectivity index (χ4v) is 4.15. The van der Waals surface area contributed by atoms with E-state index < -0.39 is 6.10 Å². The van der Waals surface area contributed by atoms with E-state index in [-0.39, 0.29) is 12.4 Å². The van der Waals surface area contributed by atoms with Crippen molar-refractivity contribution >= 4 is 11.5 Å². The lowest BCUT2D eigenvalue weighted by molar-refractivity contribution is 0.0663. The van der Waals surface area contributed by atoms with Crippen molar-refractivity contribution in [3.8, 4) is 11.5 Å². The minimum atomic E-state index is -0.577. The Morgan fingerprint density at radius 2 is 1.53 bits per heavy atom. The van der Waals surface area contributed by atoms with Crippen LogP contribution in [-0.2, 0) is 6.42 Å². The highest BCUT2D eigenvalue weighted by molar-refractivity contribution is 5.97. The van der Waals surface area contributed by atoms with Gasteiger partial charge in [0.1, 0.15) is 24.2 Å². The third kappa shape index (κ3) is 6.59. The molecular formula is C28H32N2O4. The van der Waals surface area contributed by atoms with Gasteiger partial charge in [-0.05, 0) is 54.1 Å². The Bertz CT molecular complexity index is 1030. The van der Waals surface area contributed by atoms with Crippen LogP contribution in [0.1, 0.15) is 15.9 Å². The molecule has 4 rings (SSSR count). The Labute approximate surface area is 201 Å². The number of methoxy groups -OCH3 is 1. The number of aliphatic hydroxyl groups excluding tert-OH is 1. The Balaban J connectivity index is 1.18. The van der Waals surface area contributed by atoms with Crippen LogP contribution in [0.15, 0.2) is 78.9 Å². The molecule has 1 atom stereocenters. The first kappa shape index (κ1) is 23.8. The fourth-order valence-electron chi connectivity index (χ4n) is 4.15. The van der Waals surface area contributed by atoms with E-state index in [1.165, 1.54) is 5.69 Å². The summed E-state index contributed by atoms with van der Waals surface area (Å²) in [4.78, 5) is 17.1. The van der Waals surface area contributed by atoms with Crippen LogP contribution in [-0.4, -0.2) is 68.3 Å². The van der Waals surface area contributed by atoms with Gasteiger partial charge < -0.3 is 19.5 Å². The van der Waals surface area contributed by atoms with Crippen LogP contribution in [0.25, 0.3) is 0 Å². The van der Waals surface area contributed by atoms with E-state index in [2.05, 4.69) is 21.9 Å². The number of carbonyl (C=O) groups excluding carboxylic acids is 1. The van der Waals surface area contributed by atoms with Crippen LogP contribution < -0.4 is 14.4 Å². The molecule has 1 N–H and O–H groups in total. The first-order valence-electron chi connectivity index (χ1n) is 11.7. The van der Waals surface area contributed by atoms with Crippen molar-refractivity contribution in [1.29, 1.82) is 0 Å². The number of carbonyl (C=O) groups is 1. The molecule has 178 valence electrons. The highest BCUT2D eigenvalue weighted by atomic mass is 16.5. The van der Waals surface area contributed by atoms with Crippen LogP contribution in [0.2, 0.25) is 0 Å². The van der Waals surface area contributed by atoms with Crippen LogP contribution >= 0.6 is 0 Å². The molecule has 1 heterocycles. The summed E-state index contributed by atoms with van der Waals surface area (Å²) in [6.07, 6.45) is -0.196. The number of nitrogens with zero attached hydrogens (tertiary/aromatic N) is 2. The van der Waals surface area contributed by atoms with Gasteiger partial charge in [-0.1, -0.05) is 30.3 Å². The largest absolute Gasteiger partial charge is 0.497 e. The van der Waals surface area contributed by atoms with Crippen LogP contribution in [0, 0.1) is 0 Å². The van der Waals surface area contributed by atoms with Crippen LogP contribution in [0.5, 0.6) is 11.5 Å². The normalized spacial score (nSPS) is 15.1. The van der Waals surface area contributed by atoms with Gasteiger partial charge in [0.25, 0.3) is 0 Å². The van der Waals surface area contributed by atoms with Crippen molar-refractivity contribution in [2.75, 3.05) is 51.3 Å². The van der Waals surface area contributed by atoms with E-state index in [1.54, 1.807) is 31.4 Å². The van der Waals surface area contributed by atoms with Crippen molar-refractivity contribution in [3.05, 3.63) is 90.0 Å². The Kier molecular flexibility index (Phi) is 8.17. The van der Waals surface area contributed by atoms with Gasteiger partial charge in [0.2, 0.25) is 0 Å². The van der Waals surface area contributed by atoms with Crippen molar-refractivity contribution < 1.29 is 19.4 Å². The predicted molar refractivity (Wildman–Crippen MR) is 134 cm³/mol. The highest BCUT2D eigenvalue weighted by Crippen LogP contribution is 2.21. The summed E-state index contributed by atoms with van der Waals surface area (Å²) in [5, 5.41) is 10.5. The first-order valence-corrected chi connectivity index (χ1v) is 11.7. The summed E-state index contributed by atoms with van der Waals surface area (Å²) in [7, 11) is 1.67. The summed E-state index contributed by atoms with van der Waals surface area (Å²) >= 11 is 0. The molecule has 0 aromatic heterocycles. The lowest BCUT2D eigenvalue weighted by Crippen LogP contribution is -2.49.